The Balaban J connectivity index is 1.32. The predicted octanol–water partition coefficient (Wildman–Crippen LogP) is 3.60. The van der Waals surface area contributed by atoms with Crippen LogP contribution in [0.15, 0.2) is 36.5 Å². The van der Waals surface area contributed by atoms with Crippen LogP contribution in [0.3, 0.4) is 0 Å². The number of ether oxygens (including phenoxy) is 4. The highest BCUT2D eigenvalue weighted by Gasteiger charge is 2.45. The molecule has 0 radical (unpaired) electrons. The molecule has 2 fully saturated rings. The Morgan fingerprint density at radius 3 is 2.02 bits per heavy atom. The van der Waals surface area contributed by atoms with Crippen molar-refractivity contribution in [3.8, 4) is 5.69 Å². The van der Waals surface area contributed by atoms with E-state index in [9.17, 15) is 14.4 Å². The van der Waals surface area contributed by atoms with Gasteiger partial charge in [0.1, 0.15) is 12.2 Å². The highest BCUT2D eigenvalue weighted by atomic mass is 32.1. The highest BCUT2D eigenvalue weighted by Crippen LogP contribution is 2.35. The fraction of sp³-hybridized carbons (Fsp3) is 0.452. The first kappa shape index (κ1) is 32.5. The fourth-order valence-corrected chi connectivity index (χ4v) is 6.40. The summed E-state index contributed by atoms with van der Waals surface area (Å²) in [4.78, 5) is 39.4. The molecule has 3 N–H and O–H groups in total. The zero-order chi connectivity index (χ0) is 32.6. The van der Waals surface area contributed by atoms with Crippen molar-refractivity contribution >= 4 is 47.3 Å². The van der Waals surface area contributed by atoms with Gasteiger partial charge < -0.3 is 39.1 Å². The van der Waals surface area contributed by atoms with Crippen molar-refractivity contribution in [1.82, 2.24) is 24.8 Å². The summed E-state index contributed by atoms with van der Waals surface area (Å²) in [6, 6.07) is 8.72. The molecule has 240 valence electrons. The molecule has 6 atom stereocenters. The monoisotopic (exact) mass is 655 g/mol. The van der Waals surface area contributed by atoms with Gasteiger partial charge in [0.15, 0.2) is 27.9 Å². The van der Waals surface area contributed by atoms with Gasteiger partial charge in [0, 0.05) is 49.7 Å². The summed E-state index contributed by atoms with van der Waals surface area (Å²) in [5.41, 5.74) is 4.65. The van der Waals surface area contributed by atoms with Gasteiger partial charge in [-0.3, -0.25) is 19.0 Å². The third-order valence-corrected chi connectivity index (χ3v) is 8.71. The number of thiocarbonyl (C=S) groups is 1. The smallest absolute Gasteiger partial charge is 0.303 e. The minimum Gasteiger partial charge on any atom is -0.457 e. The van der Waals surface area contributed by atoms with Crippen LogP contribution < -0.4 is 10.6 Å². The van der Waals surface area contributed by atoms with Crippen molar-refractivity contribution in [1.29, 1.82) is 0 Å². The first-order valence-electron chi connectivity index (χ1n) is 14.5. The number of carbonyl (C=O) groups excluding carboxylic acids is 3. The summed E-state index contributed by atoms with van der Waals surface area (Å²) in [7, 11) is 1.85. The number of aryl methyl sites for hydroxylation is 2. The van der Waals surface area contributed by atoms with Crippen LogP contribution in [-0.2, 0) is 35.6 Å². The maximum Gasteiger partial charge on any atom is 0.303 e. The van der Waals surface area contributed by atoms with Crippen molar-refractivity contribution in [3.05, 3.63) is 69.5 Å². The van der Waals surface area contributed by atoms with Gasteiger partial charge in [0.2, 0.25) is 0 Å². The molecule has 2 aliphatic rings. The zero-order valence-electron chi connectivity index (χ0n) is 25.9. The highest BCUT2D eigenvalue weighted by molar-refractivity contribution is 7.80. The maximum absolute atomic E-state index is 12.2. The second-order valence-corrected chi connectivity index (χ2v) is 12.2. The van der Waals surface area contributed by atoms with Crippen LogP contribution in [0.5, 0.6) is 0 Å². The third kappa shape index (κ3) is 6.88. The molecule has 4 heterocycles. The van der Waals surface area contributed by atoms with Gasteiger partial charge >= 0.3 is 11.9 Å². The standard InChI is InChI=1S/C31H37N5O7S2/c1-15-7-9-20(10-8-15)36-12-25(35(6)31(36)45)29-28(43-19(5)39)24(14-41-29)34-30(44)33-23-13-40-26(27(23)42-18(4)38)22-11-21(17(3)37)16(2)32-22/h7-12,23-24,26-29,32H,13-14H2,1-6H3,(H2,33,34,44)/t23-,24-,26-,27+,28+,29-/m0/s1. The number of aromatic amines is 1. The number of nitrogens with zero attached hydrogens (tertiary/aromatic N) is 2. The van der Waals surface area contributed by atoms with Crippen LogP contribution in [0.2, 0.25) is 0 Å². The summed E-state index contributed by atoms with van der Waals surface area (Å²) < 4.78 is 27.9. The predicted molar refractivity (Wildman–Crippen MR) is 171 cm³/mol. The van der Waals surface area contributed by atoms with Crippen molar-refractivity contribution in [3.63, 3.8) is 0 Å². The number of imidazole rings is 1. The number of carbonyl (C=O) groups is 3. The molecular formula is C31H37N5O7S2. The lowest BCUT2D eigenvalue weighted by molar-refractivity contribution is -0.150. The Bertz CT molecular complexity index is 1680. The first-order valence-corrected chi connectivity index (χ1v) is 15.4. The van der Waals surface area contributed by atoms with E-state index in [-0.39, 0.29) is 24.1 Å². The normalized spacial score (nSPS) is 24.3. The van der Waals surface area contributed by atoms with Crippen LogP contribution in [0.4, 0.5) is 0 Å². The van der Waals surface area contributed by atoms with Crippen LogP contribution in [-0.4, -0.2) is 74.5 Å². The maximum atomic E-state index is 12.2. The lowest BCUT2D eigenvalue weighted by atomic mass is 10.1. The summed E-state index contributed by atoms with van der Waals surface area (Å²) >= 11 is 11.4. The van der Waals surface area contributed by atoms with E-state index in [1.165, 1.54) is 20.8 Å². The minimum absolute atomic E-state index is 0.0826. The number of esters is 2. The van der Waals surface area contributed by atoms with E-state index in [1.807, 2.05) is 53.6 Å². The molecule has 3 aromatic rings. The lowest BCUT2D eigenvalue weighted by Gasteiger charge is -2.27. The average Bonchev–Trinajstić information content (AvgIpc) is 3.71. The van der Waals surface area contributed by atoms with Crippen molar-refractivity contribution in [2.75, 3.05) is 13.2 Å². The second-order valence-electron chi connectivity index (χ2n) is 11.4. The van der Waals surface area contributed by atoms with Crippen molar-refractivity contribution in [2.45, 2.75) is 71.1 Å². The van der Waals surface area contributed by atoms with E-state index < -0.39 is 48.4 Å². The van der Waals surface area contributed by atoms with Gasteiger partial charge in [0.05, 0.1) is 31.0 Å². The Morgan fingerprint density at radius 2 is 1.49 bits per heavy atom. The molecule has 0 unspecified atom stereocenters. The lowest BCUT2D eigenvalue weighted by Crippen LogP contribution is -2.53. The van der Waals surface area contributed by atoms with Crippen LogP contribution in [0.1, 0.15) is 66.0 Å². The molecule has 2 aliphatic heterocycles. The molecule has 12 nitrogen and oxygen atoms in total. The number of ketones is 1. The summed E-state index contributed by atoms with van der Waals surface area (Å²) in [6.07, 6.45) is -0.818. The number of rotatable bonds is 8. The molecule has 0 aliphatic carbocycles. The number of aromatic nitrogens is 3. The van der Waals surface area contributed by atoms with Gasteiger partial charge in [-0.15, -0.1) is 0 Å². The van der Waals surface area contributed by atoms with E-state index in [4.69, 9.17) is 43.4 Å². The van der Waals surface area contributed by atoms with E-state index in [2.05, 4.69) is 15.6 Å². The number of H-pyrrole nitrogens is 1. The molecule has 2 saturated heterocycles. The van der Waals surface area contributed by atoms with E-state index in [0.717, 1.165) is 16.9 Å². The average molecular weight is 656 g/mol. The van der Waals surface area contributed by atoms with E-state index >= 15 is 0 Å². The molecule has 0 amide bonds. The molecule has 0 saturated carbocycles. The molecule has 14 heteroatoms. The Hall–Kier alpha value is -3.85. The Kier molecular flexibility index (Phi) is 9.58. The Morgan fingerprint density at radius 1 is 0.933 bits per heavy atom. The number of benzene rings is 1. The molecule has 0 bridgehead atoms. The van der Waals surface area contributed by atoms with Crippen LogP contribution >= 0.6 is 24.4 Å². The topological polar surface area (TPSA) is 138 Å². The van der Waals surface area contributed by atoms with Gasteiger partial charge in [0.25, 0.3) is 0 Å². The van der Waals surface area contributed by atoms with Gasteiger partial charge in [-0.1, -0.05) is 17.7 Å². The number of hydrogen-bond donors (Lipinski definition) is 3. The minimum atomic E-state index is -0.733. The summed E-state index contributed by atoms with van der Waals surface area (Å²) in [5, 5.41) is 6.66. The largest absolute Gasteiger partial charge is 0.457 e. The molecule has 45 heavy (non-hydrogen) atoms. The van der Waals surface area contributed by atoms with Crippen LogP contribution in [0, 0.1) is 18.6 Å². The Labute approximate surface area is 271 Å². The number of hydrogen-bond acceptors (Lipinski definition) is 9. The van der Waals surface area contributed by atoms with Crippen molar-refractivity contribution in [2.24, 2.45) is 7.05 Å². The van der Waals surface area contributed by atoms with E-state index in [1.54, 1.807) is 13.0 Å². The molecule has 0 spiro atoms. The van der Waals surface area contributed by atoms with Crippen molar-refractivity contribution < 1.29 is 33.3 Å². The van der Waals surface area contributed by atoms with Gasteiger partial charge in [-0.25, -0.2) is 0 Å². The van der Waals surface area contributed by atoms with E-state index in [0.29, 0.717) is 21.7 Å². The number of nitrogens with one attached hydrogen (secondary N) is 3. The third-order valence-electron chi connectivity index (χ3n) is 8.00. The van der Waals surface area contributed by atoms with Gasteiger partial charge in [-0.05, 0) is 63.4 Å². The van der Waals surface area contributed by atoms with Gasteiger partial charge in [-0.2, -0.15) is 0 Å². The first-order chi connectivity index (χ1) is 21.3. The second kappa shape index (κ2) is 13.3. The summed E-state index contributed by atoms with van der Waals surface area (Å²) in [6.45, 7) is 8.35. The SMILES string of the molecule is CC(=O)O[C@@H]1[C@@H](NC(=S)N[C@H]2CO[C@@H](c3cn(-c4ccc(C)cc4)c(=S)n3C)[C@@H]2OC(C)=O)CO[C@H]1c1cc(C(C)=O)c(C)[nH]1. The fourth-order valence-electron chi connectivity index (χ4n) is 5.84. The summed E-state index contributed by atoms with van der Waals surface area (Å²) in [5.74, 6) is -1.03. The zero-order valence-corrected chi connectivity index (χ0v) is 27.5. The molecule has 1 aromatic carbocycles. The number of Topliss-reactive ketones (excluding diaryl/α,β-unsaturated/α-hetero) is 1. The van der Waals surface area contributed by atoms with Crippen LogP contribution in [0.25, 0.3) is 5.69 Å². The molecule has 5 rings (SSSR count). The molecule has 2 aromatic heterocycles. The quantitative estimate of drug-likeness (QED) is 0.187. The molecular weight excluding hydrogens is 619 g/mol.